The molecular formula is C16H21NO2S. The summed E-state index contributed by atoms with van der Waals surface area (Å²) in [6.07, 6.45) is 6.58. The molecule has 0 aromatic heterocycles. The third kappa shape index (κ3) is 2.16. The predicted octanol–water partition coefficient (Wildman–Crippen LogP) is 3.46. The van der Waals surface area contributed by atoms with Gasteiger partial charge in [-0.1, -0.05) is 36.6 Å². The molecule has 0 bridgehead atoms. The number of allylic oxidation sites excluding steroid dienone is 1. The highest BCUT2D eigenvalue weighted by atomic mass is 32.2. The van der Waals surface area contributed by atoms with Crippen molar-refractivity contribution >= 4 is 10.0 Å². The van der Waals surface area contributed by atoms with Crippen molar-refractivity contribution in [2.75, 3.05) is 0 Å². The van der Waals surface area contributed by atoms with E-state index >= 15 is 0 Å². The lowest BCUT2D eigenvalue weighted by atomic mass is 9.86. The standard InChI is InChI=1S/C16H21NO2S/c1-12-7-9-15(10-8-12)20(18,19)17-13(2)11-14-5-3-4-6-16(14)17/h7-11,14,16H,3-6H2,1-2H3/t14-,16-/m0/s1. The summed E-state index contributed by atoms with van der Waals surface area (Å²) in [6, 6.07) is 7.29. The van der Waals surface area contributed by atoms with Gasteiger partial charge in [-0.25, -0.2) is 8.42 Å². The Morgan fingerprint density at radius 1 is 1.05 bits per heavy atom. The maximum Gasteiger partial charge on any atom is 0.264 e. The average Bonchev–Trinajstić information content (AvgIpc) is 2.75. The zero-order valence-corrected chi connectivity index (χ0v) is 12.9. The van der Waals surface area contributed by atoms with Gasteiger partial charge in [0.15, 0.2) is 0 Å². The van der Waals surface area contributed by atoms with Crippen LogP contribution in [0.15, 0.2) is 40.9 Å². The highest BCUT2D eigenvalue weighted by molar-refractivity contribution is 7.89. The number of aryl methyl sites for hydroxylation is 1. The molecule has 1 aliphatic carbocycles. The summed E-state index contributed by atoms with van der Waals surface area (Å²) in [4.78, 5) is 0.405. The number of sulfonamides is 1. The molecule has 3 rings (SSSR count). The van der Waals surface area contributed by atoms with Gasteiger partial charge in [-0.2, -0.15) is 0 Å². The molecule has 1 heterocycles. The van der Waals surface area contributed by atoms with Crippen LogP contribution < -0.4 is 0 Å². The Kier molecular flexibility index (Phi) is 3.36. The first-order valence-corrected chi connectivity index (χ1v) is 8.74. The van der Waals surface area contributed by atoms with E-state index in [2.05, 4.69) is 6.08 Å². The van der Waals surface area contributed by atoms with Crippen LogP contribution in [0.4, 0.5) is 0 Å². The quantitative estimate of drug-likeness (QED) is 0.837. The van der Waals surface area contributed by atoms with Gasteiger partial charge in [-0.05, 0) is 38.8 Å². The monoisotopic (exact) mass is 291 g/mol. The van der Waals surface area contributed by atoms with Gasteiger partial charge in [0.05, 0.1) is 10.9 Å². The molecule has 0 saturated heterocycles. The van der Waals surface area contributed by atoms with Crippen LogP contribution in [-0.2, 0) is 10.0 Å². The Balaban J connectivity index is 1.98. The van der Waals surface area contributed by atoms with Crippen LogP contribution in [-0.4, -0.2) is 18.8 Å². The molecule has 0 unspecified atom stereocenters. The SMILES string of the molecule is CC1=C[C@@H]2CCCC[C@@H]2N1S(=O)(=O)c1ccc(C)cc1. The molecule has 1 fully saturated rings. The maximum atomic E-state index is 12.9. The van der Waals surface area contributed by atoms with Crippen LogP contribution in [0.25, 0.3) is 0 Å². The number of hydrogen-bond donors (Lipinski definition) is 0. The van der Waals surface area contributed by atoms with Gasteiger partial charge in [0.25, 0.3) is 10.0 Å². The van der Waals surface area contributed by atoms with E-state index < -0.39 is 10.0 Å². The second kappa shape index (κ2) is 4.92. The summed E-state index contributed by atoms with van der Waals surface area (Å²) in [7, 11) is -3.41. The zero-order chi connectivity index (χ0) is 14.3. The van der Waals surface area contributed by atoms with Gasteiger partial charge in [-0.15, -0.1) is 0 Å². The normalized spacial score (nSPS) is 26.3. The number of nitrogens with zero attached hydrogens (tertiary/aromatic N) is 1. The Morgan fingerprint density at radius 3 is 2.40 bits per heavy atom. The van der Waals surface area contributed by atoms with Crippen LogP contribution in [0, 0.1) is 12.8 Å². The minimum Gasteiger partial charge on any atom is -0.267 e. The lowest BCUT2D eigenvalue weighted by Gasteiger charge is -2.33. The lowest BCUT2D eigenvalue weighted by Crippen LogP contribution is -2.39. The number of rotatable bonds is 2. The Bertz CT molecular complexity index is 631. The van der Waals surface area contributed by atoms with Crippen molar-refractivity contribution in [1.82, 2.24) is 4.31 Å². The van der Waals surface area contributed by atoms with Gasteiger partial charge < -0.3 is 0 Å². The van der Waals surface area contributed by atoms with Crippen molar-refractivity contribution in [3.8, 4) is 0 Å². The Morgan fingerprint density at radius 2 is 1.70 bits per heavy atom. The van der Waals surface area contributed by atoms with E-state index in [0.717, 1.165) is 30.5 Å². The number of hydrogen-bond acceptors (Lipinski definition) is 2. The van der Waals surface area contributed by atoms with E-state index in [1.807, 2.05) is 26.0 Å². The van der Waals surface area contributed by atoms with Crippen molar-refractivity contribution in [3.63, 3.8) is 0 Å². The maximum absolute atomic E-state index is 12.9. The van der Waals surface area contributed by atoms with E-state index in [4.69, 9.17) is 0 Å². The fourth-order valence-electron chi connectivity index (χ4n) is 3.46. The van der Waals surface area contributed by atoms with Crippen LogP contribution in [0.3, 0.4) is 0 Å². The fraction of sp³-hybridized carbons (Fsp3) is 0.500. The molecule has 0 radical (unpaired) electrons. The van der Waals surface area contributed by atoms with Crippen molar-refractivity contribution in [3.05, 3.63) is 41.6 Å². The molecule has 20 heavy (non-hydrogen) atoms. The molecule has 0 N–H and O–H groups in total. The van der Waals surface area contributed by atoms with Crippen molar-refractivity contribution in [1.29, 1.82) is 0 Å². The second-order valence-electron chi connectivity index (χ2n) is 5.94. The summed E-state index contributed by atoms with van der Waals surface area (Å²) in [5, 5.41) is 0. The van der Waals surface area contributed by atoms with Gasteiger partial charge in [0.2, 0.25) is 0 Å². The summed E-state index contributed by atoms with van der Waals surface area (Å²) in [5.41, 5.74) is 1.97. The molecule has 1 aromatic rings. The third-order valence-electron chi connectivity index (χ3n) is 4.46. The predicted molar refractivity (Wildman–Crippen MR) is 79.7 cm³/mol. The van der Waals surface area contributed by atoms with Gasteiger partial charge in [0.1, 0.15) is 0 Å². The van der Waals surface area contributed by atoms with Crippen molar-refractivity contribution < 1.29 is 8.42 Å². The molecule has 2 aliphatic rings. The summed E-state index contributed by atoms with van der Waals surface area (Å²) in [6.45, 7) is 3.89. The number of fused-ring (bicyclic) bond motifs is 1. The van der Waals surface area contributed by atoms with Gasteiger partial charge >= 0.3 is 0 Å². The molecule has 1 aromatic carbocycles. The molecule has 2 atom stereocenters. The molecule has 0 amide bonds. The average molecular weight is 291 g/mol. The van der Waals surface area contributed by atoms with Crippen LogP contribution in [0.5, 0.6) is 0 Å². The molecule has 3 nitrogen and oxygen atoms in total. The first-order chi connectivity index (χ1) is 9.50. The molecule has 0 spiro atoms. The first kappa shape index (κ1) is 13.7. The summed E-state index contributed by atoms with van der Waals surface area (Å²) in [5.74, 6) is 0.406. The largest absolute Gasteiger partial charge is 0.267 e. The van der Waals surface area contributed by atoms with Crippen molar-refractivity contribution in [2.45, 2.75) is 50.5 Å². The Labute approximate surface area is 121 Å². The Hall–Kier alpha value is -1.29. The van der Waals surface area contributed by atoms with E-state index in [9.17, 15) is 8.42 Å². The molecule has 108 valence electrons. The highest BCUT2D eigenvalue weighted by Gasteiger charge is 2.41. The molecule has 4 heteroatoms. The smallest absolute Gasteiger partial charge is 0.264 e. The minimum absolute atomic E-state index is 0.134. The molecule has 1 aliphatic heterocycles. The fourth-order valence-corrected chi connectivity index (χ4v) is 5.23. The van der Waals surface area contributed by atoms with E-state index in [1.54, 1.807) is 16.4 Å². The highest BCUT2D eigenvalue weighted by Crippen LogP contribution is 2.40. The van der Waals surface area contributed by atoms with Gasteiger partial charge in [-0.3, -0.25) is 4.31 Å². The van der Waals surface area contributed by atoms with E-state index in [0.29, 0.717) is 10.8 Å². The van der Waals surface area contributed by atoms with E-state index in [-0.39, 0.29) is 6.04 Å². The van der Waals surface area contributed by atoms with Gasteiger partial charge in [0, 0.05) is 11.6 Å². The van der Waals surface area contributed by atoms with Crippen LogP contribution in [0.1, 0.15) is 38.2 Å². The second-order valence-corrected chi connectivity index (χ2v) is 7.75. The number of benzene rings is 1. The van der Waals surface area contributed by atoms with E-state index in [1.165, 1.54) is 6.42 Å². The molecule has 1 saturated carbocycles. The zero-order valence-electron chi connectivity index (χ0n) is 12.0. The topological polar surface area (TPSA) is 37.4 Å². The van der Waals surface area contributed by atoms with Crippen LogP contribution >= 0.6 is 0 Å². The third-order valence-corrected chi connectivity index (χ3v) is 6.41. The van der Waals surface area contributed by atoms with Crippen LogP contribution in [0.2, 0.25) is 0 Å². The summed E-state index contributed by atoms with van der Waals surface area (Å²) < 4.78 is 27.5. The lowest BCUT2D eigenvalue weighted by molar-refractivity contribution is 0.269. The van der Waals surface area contributed by atoms with Crippen molar-refractivity contribution in [2.24, 2.45) is 5.92 Å². The minimum atomic E-state index is -3.41. The first-order valence-electron chi connectivity index (χ1n) is 7.30. The molecular weight excluding hydrogens is 270 g/mol. The summed E-state index contributed by atoms with van der Waals surface area (Å²) >= 11 is 0.